The van der Waals surface area contributed by atoms with Crippen LogP contribution >= 0.6 is 23.8 Å². The topological polar surface area (TPSA) is 96.0 Å². The molecule has 0 amide bonds. The first-order chi connectivity index (χ1) is 13.8. The summed E-state index contributed by atoms with van der Waals surface area (Å²) in [6, 6.07) is 14.9. The van der Waals surface area contributed by atoms with E-state index in [1.165, 1.54) is 36.4 Å². The summed E-state index contributed by atoms with van der Waals surface area (Å²) >= 11 is 10.8. The maximum atomic E-state index is 12.9. The zero-order valence-electron chi connectivity index (χ0n) is 14.8. The summed E-state index contributed by atoms with van der Waals surface area (Å²) < 4.78 is 40.0. The van der Waals surface area contributed by atoms with Crippen LogP contribution in [0.15, 0.2) is 65.6 Å². The van der Waals surface area contributed by atoms with Crippen LogP contribution in [-0.4, -0.2) is 23.7 Å². The lowest BCUT2D eigenvalue weighted by Gasteiger charge is -2.12. The minimum Gasteiger partial charge on any atom is -0.358 e. The van der Waals surface area contributed by atoms with Crippen LogP contribution in [0.5, 0.6) is 0 Å². The molecule has 150 valence electrons. The number of hydrogen-bond acceptors (Lipinski definition) is 5. The lowest BCUT2D eigenvalue weighted by atomic mass is 10.2. The first-order valence-corrected chi connectivity index (χ1v) is 10.5. The number of rotatable bonds is 6. The van der Waals surface area contributed by atoms with Crippen LogP contribution in [0.3, 0.4) is 0 Å². The first kappa shape index (κ1) is 20.9. The van der Waals surface area contributed by atoms with Gasteiger partial charge in [-0.2, -0.15) is 0 Å². The van der Waals surface area contributed by atoms with Crippen molar-refractivity contribution in [1.29, 1.82) is 0 Å². The number of aromatic nitrogens is 2. The standard InChI is InChI=1S/C18H15ClFN5O2S2/c19-16-9-10-17(24-23-16)25-29(26,27)15-7-5-14(6-8-15)22-18(28)21-11-12-1-3-13(20)4-2-12/h1-10H,11H2,(H,24,25)(H2,21,22,28). The fourth-order valence-corrected chi connectivity index (χ4v) is 3.53. The molecule has 0 spiro atoms. The number of benzene rings is 2. The Morgan fingerprint density at radius 3 is 2.31 bits per heavy atom. The summed E-state index contributed by atoms with van der Waals surface area (Å²) in [6.45, 7) is 0.421. The predicted molar refractivity (Wildman–Crippen MR) is 114 cm³/mol. The molecule has 0 fully saturated rings. The van der Waals surface area contributed by atoms with E-state index in [9.17, 15) is 12.8 Å². The van der Waals surface area contributed by atoms with Crippen LogP contribution in [0.4, 0.5) is 15.9 Å². The molecule has 3 rings (SSSR count). The van der Waals surface area contributed by atoms with Crippen molar-refractivity contribution < 1.29 is 12.8 Å². The fraction of sp³-hybridized carbons (Fsp3) is 0.0556. The summed E-state index contributed by atoms with van der Waals surface area (Å²) in [5.41, 5.74) is 1.47. The normalized spacial score (nSPS) is 11.0. The van der Waals surface area contributed by atoms with E-state index in [4.69, 9.17) is 23.8 Å². The van der Waals surface area contributed by atoms with Crippen LogP contribution in [0, 0.1) is 5.82 Å². The van der Waals surface area contributed by atoms with Crippen LogP contribution in [0.25, 0.3) is 0 Å². The van der Waals surface area contributed by atoms with Gasteiger partial charge < -0.3 is 10.6 Å². The van der Waals surface area contributed by atoms with Crippen molar-refractivity contribution >= 4 is 50.5 Å². The molecular formula is C18H15ClFN5O2S2. The molecule has 0 unspecified atom stereocenters. The van der Waals surface area contributed by atoms with E-state index >= 15 is 0 Å². The molecule has 1 aromatic heterocycles. The Morgan fingerprint density at radius 2 is 1.69 bits per heavy atom. The number of sulfonamides is 1. The van der Waals surface area contributed by atoms with Gasteiger partial charge in [-0.05, 0) is 66.3 Å². The van der Waals surface area contributed by atoms with Gasteiger partial charge in [-0.15, -0.1) is 10.2 Å². The Bertz CT molecular complexity index is 1090. The van der Waals surface area contributed by atoms with E-state index in [1.54, 1.807) is 24.3 Å². The van der Waals surface area contributed by atoms with Gasteiger partial charge in [0.2, 0.25) is 0 Å². The Labute approximate surface area is 177 Å². The molecule has 7 nitrogen and oxygen atoms in total. The van der Waals surface area contributed by atoms with Gasteiger partial charge >= 0.3 is 0 Å². The molecule has 0 aliphatic rings. The van der Waals surface area contributed by atoms with Gasteiger partial charge in [0.05, 0.1) is 4.90 Å². The van der Waals surface area contributed by atoms with Crippen molar-refractivity contribution in [3.05, 3.63) is 77.2 Å². The van der Waals surface area contributed by atoms with E-state index in [-0.39, 0.29) is 21.7 Å². The minimum absolute atomic E-state index is 0.0463. The van der Waals surface area contributed by atoms with Gasteiger partial charge in [0.1, 0.15) is 5.82 Å². The van der Waals surface area contributed by atoms with Crippen molar-refractivity contribution in [2.75, 3.05) is 10.0 Å². The molecule has 0 saturated heterocycles. The Kier molecular flexibility index (Phi) is 6.57. The maximum Gasteiger partial charge on any atom is 0.263 e. The largest absolute Gasteiger partial charge is 0.358 e. The molecule has 2 aromatic carbocycles. The highest BCUT2D eigenvalue weighted by Crippen LogP contribution is 2.17. The third-order valence-corrected chi connectivity index (χ3v) is 5.48. The Morgan fingerprint density at radius 1 is 1.00 bits per heavy atom. The van der Waals surface area contributed by atoms with Crippen LogP contribution < -0.4 is 15.4 Å². The minimum atomic E-state index is -3.82. The van der Waals surface area contributed by atoms with E-state index < -0.39 is 10.0 Å². The number of halogens is 2. The first-order valence-electron chi connectivity index (χ1n) is 8.23. The molecule has 0 radical (unpaired) electrons. The molecule has 0 saturated carbocycles. The molecule has 0 aliphatic carbocycles. The number of nitrogens with zero attached hydrogens (tertiary/aromatic N) is 2. The predicted octanol–water partition coefficient (Wildman–Crippen LogP) is 3.56. The summed E-state index contributed by atoms with van der Waals surface area (Å²) in [7, 11) is -3.82. The van der Waals surface area contributed by atoms with Crippen molar-refractivity contribution in [3.63, 3.8) is 0 Å². The molecule has 0 bridgehead atoms. The van der Waals surface area contributed by atoms with E-state index in [0.717, 1.165) is 5.56 Å². The second-order valence-electron chi connectivity index (χ2n) is 5.81. The molecule has 0 aliphatic heterocycles. The van der Waals surface area contributed by atoms with Gasteiger partial charge in [0, 0.05) is 12.2 Å². The third kappa shape index (κ3) is 6.08. The summed E-state index contributed by atoms with van der Waals surface area (Å²) in [4.78, 5) is 0.0463. The van der Waals surface area contributed by atoms with Crippen LogP contribution in [-0.2, 0) is 16.6 Å². The number of hydrogen-bond donors (Lipinski definition) is 3. The SMILES string of the molecule is O=S(=O)(Nc1ccc(Cl)nn1)c1ccc(NC(=S)NCc2ccc(F)cc2)cc1. The zero-order chi connectivity index (χ0) is 20.9. The molecule has 1 heterocycles. The summed E-state index contributed by atoms with van der Waals surface area (Å²) in [5.74, 6) is -0.245. The van der Waals surface area contributed by atoms with Crippen molar-refractivity contribution in [1.82, 2.24) is 15.5 Å². The highest BCUT2D eigenvalue weighted by Gasteiger charge is 2.15. The van der Waals surface area contributed by atoms with Gasteiger partial charge in [0.15, 0.2) is 16.1 Å². The molecule has 0 atom stereocenters. The van der Waals surface area contributed by atoms with Crippen molar-refractivity contribution in [2.24, 2.45) is 0 Å². The second-order valence-corrected chi connectivity index (χ2v) is 8.28. The fourth-order valence-electron chi connectivity index (χ4n) is 2.24. The molecule has 3 aromatic rings. The number of anilines is 2. The van der Waals surface area contributed by atoms with E-state index in [2.05, 4.69) is 25.6 Å². The molecule has 3 N–H and O–H groups in total. The highest BCUT2D eigenvalue weighted by molar-refractivity contribution is 7.92. The Hall–Kier alpha value is -2.82. The van der Waals surface area contributed by atoms with Crippen LogP contribution in [0.1, 0.15) is 5.56 Å². The molecule has 11 heteroatoms. The quantitative estimate of drug-likeness (QED) is 0.493. The summed E-state index contributed by atoms with van der Waals surface area (Å²) in [6.07, 6.45) is 0. The average molecular weight is 452 g/mol. The third-order valence-electron chi connectivity index (χ3n) is 3.66. The maximum absolute atomic E-state index is 12.9. The molecule has 29 heavy (non-hydrogen) atoms. The summed E-state index contributed by atoms with van der Waals surface area (Å²) in [5, 5.41) is 13.7. The lowest BCUT2D eigenvalue weighted by Crippen LogP contribution is -2.27. The van der Waals surface area contributed by atoms with E-state index in [0.29, 0.717) is 17.3 Å². The van der Waals surface area contributed by atoms with E-state index in [1.807, 2.05) is 0 Å². The van der Waals surface area contributed by atoms with Gasteiger partial charge in [-0.1, -0.05) is 23.7 Å². The van der Waals surface area contributed by atoms with Gasteiger partial charge in [-0.3, -0.25) is 4.72 Å². The second kappa shape index (κ2) is 9.12. The lowest BCUT2D eigenvalue weighted by molar-refractivity contribution is 0.601. The van der Waals surface area contributed by atoms with Crippen LogP contribution in [0.2, 0.25) is 5.15 Å². The number of thiocarbonyl (C=S) groups is 1. The zero-order valence-corrected chi connectivity index (χ0v) is 17.2. The molecular weight excluding hydrogens is 437 g/mol. The smallest absolute Gasteiger partial charge is 0.263 e. The number of nitrogens with one attached hydrogen (secondary N) is 3. The van der Waals surface area contributed by atoms with Crippen molar-refractivity contribution in [2.45, 2.75) is 11.4 Å². The Balaban J connectivity index is 1.58. The monoisotopic (exact) mass is 451 g/mol. The highest BCUT2D eigenvalue weighted by atomic mass is 35.5. The van der Waals surface area contributed by atoms with Crippen molar-refractivity contribution in [3.8, 4) is 0 Å². The average Bonchev–Trinajstić information content (AvgIpc) is 2.70. The van der Waals surface area contributed by atoms with Gasteiger partial charge in [0.25, 0.3) is 10.0 Å². The van der Waals surface area contributed by atoms with Gasteiger partial charge in [-0.25, -0.2) is 12.8 Å².